The summed E-state index contributed by atoms with van der Waals surface area (Å²) in [6.45, 7) is 8.55. The maximum atomic E-state index is 8.93. The number of nitrogens with zero attached hydrogens (tertiary/aromatic N) is 2. The maximum Gasteiger partial charge on any atom is 0.0671 e. The minimum Gasteiger partial charge on any atom is -0.315 e. The van der Waals surface area contributed by atoms with Crippen molar-refractivity contribution in [1.82, 2.24) is 10.2 Å². The van der Waals surface area contributed by atoms with E-state index in [-0.39, 0.29) is 5.92 Å². The molecule has 1 aliphatic rings. The van der Waals surface area contributed by atoms with Crippen molar-refractivity contribution in [3.63, 3.8) is 0 Å². The average Bonchev–Trinajstić information content (AvgIpc) is 2.58. The van der Waals surface area contributed by atoms with E-state index in [1.54, 1.807) is 0 Å². The molecule has 0 bridgehead atoms. The second-order valence-corrected chi connectivity index (χ2v) is 5.05. The first-order valence-electron chi connectivity index (χ1n) is 5.92. The zero-order chi connectivity index (χ0) is 11.3. The molecule has 0 aromatic rings. The summed E-state index contributed by atoms with van der Waals surface area (Å²) in [4.78, 5) is 2.37. The largest absolute Gasteiger partial charge is 0.315 e. The number of nitriles is 1. The van der Waals surface area contributed by atoms with Crippen LogP contribution in [-0.4, -0.2) is 38.1 Å². The first-order chi connectivity index (χ1) is 7.13. The molecule has 0 saturated carbocycles. The molecule has 1 heterocycles. The summed E-state index contributed by atoms with van der Waals surface area (Å²) in [7, 11) is 2.17. The molecule has 0 aromatic heterocycles. The Morgan fingerprint density at radius 3 is 2.73 bits per heavy atom. The van der Waals surface area contributed by atoms with Gasteiger partial charge in [0.15, 0.2) is 0 Å². The molecule has 0 aliphatic carbocycles. The summed E-state index contributed by atoms with van der Waals surface area (Å²) in [6, 6.07) is 2.36. The van der Waals surface area contributed by atoms with Gasteiger partial charge in [0, 0.05) is 13.1 Å². The number of likely N-dealkylation sites (tertiary alicyclic amines) is 1. The Hall–Kier alpha value is -0.590. The van der Waals surface area contributed by atoms with E-state index in [4.69, 9.17) is 5.26 Å². The third-order valence-electron chi connectivity index (χ3n) is 3.26. The Balaban J connectivity index is 2.13. The van der Waals surface area contributed by atoms with Crippen molar-refractivity contribution >= 4 is 0 Å². The second kappa shape index (κ2) is 6.09. The molecule has 0 spiro atoms. The summed E-state index contributed by atoms with van der Waals surface area (Å²) >= 11 is 0. The SMILES string of the molecule is CC(C)C(C#N)CNCC1CCN(C)C1. The highest BCUT2D eigenvalue weighted by atomic mass is 15.1. The van der Waals surface area contributed by atoms with E-state index in [0.29, 0.717) is 5.92 Å². The smallest absolute Gasteiger partial charge is 0.0671 e. The van der Waals surface area contributed by atoms with Crippen molar-refractivity contribution in [3.8, 4) is 6.07 Å². The Bertz CT molecular complexity index is 219. The number of nitrogens with one attached hydrogen (secondary N) is 1. The molecule has 0 aromatic carbocycles. The van der Waals surface area contributed by atoms with Crippen LogP contribution >= 0.6 is 0 Å². The molecule has 3 nitrogen and oxygen atoms in total. The third kappa shape index (κ3) is 4.19. The molecule has 3 heteroatoms. The van der Waals surface area contributed by atoms with Gasteiger partial charge in [0.05, 0.1) is 12.0 Å². The van der Waals surface area contributed by atoms with Gasteiger partial charge in [-0.05, 0) is 38.4 Å². The molecule has 1 rings (SSSR count). The van der Waals surface area contributed by atoms with Gasteiger partial charge < -0.3 is 10.2 Å². The quantitative estimate of drug-likeness (QED) is 0.742. The van der Waals surface area contributed by atoms with Crippen LogP contribution in [0.5, 0.6) is 0 Å². The zero-order valence-electron chi connectivity index (χ0n) is 10.2. The van der Waals surface area contributed by atoms with Crippen LogP contribution < -0.4 is 5.32 Å². The fourth-order valence-electron chi connectivity index (χ4n) is 2.07. The Labute approximate surface area is 93.5 Å². The van der Waals surface area contributed by atoms with Crippen LogP contribution in [-0.2, 0) is 0 Å². The lowest BCUT2D eigenvalue weighted by atomic mass is 9.97. The Morgan fingerprint density at radius 2 is 2.27 bits per heavy atom. The third-order valence-corrected chi connectivity index (χ3v) is 3.26. The first kappa shape index (κ1) is 12.5. The number of hydrogen-bond acceptors (Lipinski definition) is 3. The Morgan fingerprint density at radius 1 is 1.53 bits per heavy atom. The fourth-order valence-corrected chi connectivity index (χ4v) is 2.07. The van der Waals surface area contributed by atoms with Crippen LogP contribution in [0.15, 0.2) is 0 Å². The lowest BCUT2D eigenvalue weighted by Gasteiger charge is -2.16. The summed E-state index contributed by atoms with van der Waals surface area (Å²) in [5.74, 6) is 1.39. The fraction of sp³-hybridized carbons (Fsp3) is 0.917. The topological polar surface area (TPSA) is 39.1 Å². The van der Waals surface area contributed by atoms with Gasteiger partial charge >= 0.3 is 0 Å². The van der Waals surface area contributed by atoms with Crippen molar-refractivity contribution in [2.24, 2.45) is 17.8 Å². The van der Waals surface area contributed by atoms with Crippen LogP contribution in [0.3, 0.4) is 0 Å². The molecule has 1 N–H and O–H groups in total. The zero-order valence-corrected chi connectivity index (χ0v) is 10.2. The van der Waals surface area contributed by atoms with Gasteiger partial charge in [0.1, 0.15) is 0 Å². The van der Waals surface area contributed by atoms with Crippen LogP contribution in [0.2, 0.25) is 0 Å². The maximum absolute atomic E-state index is 8.93. The lowest BCUT2D eigenvalue weighted by Crippen LogP contribution is -2.30. The predicted octanol–water partition coefficient (Wildman–Crippen LogP) is 1.32. The minimum absolute atomic E-state index is 0.157. The summed E-state index contributed by atoms with van der Waals surface area (Å²) in [5, 5.41) is 12.4. The monoisotopic (exact) mass is 209 g/mol. The molecular weight excluding hydrogens is 186 g/mol. The molecular formula is C12H23N3. The molecule has 0 amide bonds. The highest BCUT2D eigenvalue weighted by molar-refractivity contribution is 4.87. The molecule has 86 valence electrons. The van der Waals surface area contributed by atoms with Gasteiger partial charge in [-0.1, -0.05) is 13.8 Å². The number of hydrogen-bond donors (Lipinski definition) is 1. The van der Waals surface area contributed by atoms with Crippen LogP contribution in [0.1, 0.15) is 20.3 Å². The number of rotatable bonds is 5. The van der Waals surface area contributed by atoms with Gasteiger partial charge in [-0.3, -0.25) is 0 Å². The van der Waals surface area contributed by atoms with Gasteiger partial charge in [-0.25, -0.2) is 0 Å². The molecule has 2 atom stereocenters. The van der Waals surface area contributed by atoms with E-state index in [1.165, 1.54) is 19.5 Å². The van der Waals surface area contributed by atoms with Crippen molar-refractivity contribution in [3.05, 3.63) is 0 Å². The standard InChI is InChI=1S/C12H23N3/c1-10(2)12(6-13)8-14-7-11-4-5-15(3)9-11/h10-12,14H,4-5,7-9H2,1-3H3. The van der Waals surface area contributed by atoms with Crippen LogP contribution in [0.25, 0.3) is 0 Å². The van der Waals surface area contributed by atoms with Gasteiger partial charge in [0.2, 0.25) is 0 Å². The predicted molar refractivity (Wildman–Crippen MR) is 62.4 cm³/mol. The van der Waals surface area contributed by atoms with Crippen molar-refractivity contribution < 1.29 is 0 Å². The summed E-state index contributed by atoms with van der Waals surface area (Å²) in [6.07, 6.45) is 1.29. The summed E-state index contributed by atoms with van der Waals surface area (Å²) in [5.41, 5.74) is 0. The average molecular weight is 209 g/mol. The molecule has 1 fully saturated rings. The van der Waals surface area contributed by atoms with Crippen molar-refractivity contribution in [2.45, 2.75) is 20.3 Å². The molecule has 1 aliphatic heterocycles. The highest BCUT2D eigenvalue weighted by Gasteiger charge is 2.19. The Kier molecular flexibility index (Phi) is 5.07. The van der Waals surface area contributed by atoms with Crippen LogP contribution in [0, 0.1) is 29.1 Å². The normalized spacial score (nSPS) is 24.3. The van der Waals surface area contributed by atoms with Crippen LogP contribution in [0.4, 0.5) is 0 Å². The van der Waals surface area contributed by atoms with E-state index in [2.05, 4.69) is 37.2 Å². The molecule has 0 radical (unpaired) electrons. The van der Waals surface area contributed by atoms with E-state index in [1.807, 2.05) is 0 Å². The second-order valence-electron chi connectivity index (χ2n) is 5.05. The summed E-state index contributed by atoms with van der Waals surface area (Å²) < 4.78 is 0. The minimum atomic E-state index is 0.157. The van der Waals surface area contributed by atoms with Gasteiger partial charge in [-0.2, -0.15) is 5.26 Å². The first-order valence-corrected chi connectivity index (χ1v) is 5.92. The van der Waals surface area contributed by atoms with Crippen molar-refractivity contribution in [1.29, 1.82) is 5.26 Å². The molecule has 2 unspecified atom stereocenters. The van der Waals surface area contributed by atoms with Gasteiger partial charge in [0.25, 0.3) is 0 Å². The molecule has 1 saturated heterocycles. The lowest BCUT2D eigenvalue weighted by molar-refractivity contribution is 0.376. The van der Waals surface area contributed by atoms with E-state index in [0.717, 1.165) is 19.0 Å². The van der Waals surface area contributed by atoms with E-state index < -0.39 is 0 Å². The molecule has 15 heavy (non-hydrogen) atoms. The van der Waals surface area contributed by atoms with Gasteiger partial charge in [-0.15, -0.1) is 0 Å². The van der Waals surface area contributed by atoms with Crippen molar-refractivity contribution in [2.75, 3.05) is 33.2 Å². The van der Waals surface area contributed by atoms with E-state index in [9.17, 15) is 0 Å². The van der Waals surface area contributed by atoms with E-state index >= 15 is 0 Å². The highest BCUT2D eigenvalue weighted by Crippen LogP contribution is 2.13.